The second-order valence-corrected chi connectivity index (χ2v) is 13.1. The minimum absolute atomic E-state index is 0.0271. The van der Waals surface area contributed by atoms with Crippen LogP contribution in [0.5, 0.6) is 0 Å². The number of nitrogens with zero attached hydrogens (tertiary/aromatic N) is 2. The fraction of sp³-hybridized carbons (Fsp3) is 0.848. The molecule has 0 spiro atoms. The van der Waals surface area contributed by atoms with Crippen molar-refractivity contribution in [2.45, 2.75) is 123 Å². The summed E-state index contributed by atoms with van der Waals surface area (Å²) in [5.41, 5.74) is 2.84. The molecule has 2 aliphatic carbocycles. The van der Waals surface area contributed by atoms with Crippen LogP contribution in [0.25, 0.3) is 0 Å². The van der Waals surface area contributed by atoms with E-state index in [4.69, 9.17) is 6.42 Å². The summed E-state index contributed by atoms with van der Waals surface area (Å²) in [4.78, 5) is 41.5. The Hall–Kier alpha value is -2.25. The molecule has 2 aliphatic rings. The lowest BCUT2D eigenvalue weighted by atomic mass is 9.74. The monoisotopic (exact) mass is 610 g/mol. The van der Waals surface area contributed by atoms with Crippen molar-refractivity contribution in [2.75, 3.05) is 26.2 Å². The van der Waals surface area contributed by atoms with Crippen molar-refractivity contribution < 1.29 is 28.3 Å². The molecule has 3 N–H and O–H groups in total. The third-order valence-electron chi connectivity index (χ3n) is 8.72. The Morgan fingerprint density at radius 1 is 0.907 bits per heavy atom. The number of carbonyl (C=O) groups is 3. The van der Waals surface area contributed by atoms with E-state index in [1.807, 2.05) is 25.7 Å². The van der Waals surface area contributed by atoms with Gasteiger partial charge in [0, 0.05) is 56.3 Å². The van der Waals surface area contributed by atoms with Crippen molar-refractivity contribution in [3.63, 3.8) is 0 Å². The summed E-state index contributed by atoms with van der Waals surface area (Å²) in [7, 11) is 0. The van der Waals surface area contributed by atoms with Crippen LogP contribution in [0.4, 0.5) is 8.78 Å². The molecular formula is C33H56F2N4O4. The van der Waals surface area contributed by atoms with Gasteiger partial charge in [0.1, 0.15) is 12.3 Å². The number of nitrogens with one attached hydrogen (secondary N) is 2. The van der Waals surface area contributed by atoms with E-state index in [0.717, 1.165) is 19.3 Å². The Morgan fingerprint density at radius 2 is 1.49 bits per heavy atom. The summed E-state index contributed by atoms with van der Waals surface area (Å²) in [5.74, 6) is 0.579. The van der Waals surface area contributed by atoms with Crippen LogP contribution in [0.15, 0.2) is 0 Å². The van der Waals surface area contributed by atoms with Gasteiger partial charge in [-0.15, -0.1) is 12.3 Å². The Morgan fingerprint density at radius 3 is 2.02 bits per heavy atom. The number of hydrazine groups is 1. The van der Waals surface area contributed by atoms with Gasteiger partial charge in [0.15, 0.2) is 0 Å². The average molecular weight is 611 g/mol. The van der Waals surface area contributed by atoms with E-state index >= 15 is 0 Å². The molecule has 2 saturated carbocycles. The van der Waals surface area contributed by atoms with Gasteiger partial charge in [-0.3, -0.25) is 19.8 Å². The predicted molar refractivity (Wildman–Crippen MR) is 165 cm³/mol. The number of alkyl halides is 2. The molecule has 0 aliphatic heterocycles. The number of aliphatic hydroxyl groups is 1. The first-order valence-corrected chi connectivity index (χ1v) is 16.5. The molecule has 43 heavy (non-hydrogen) atoms. The molecule has 8 nitrogen and oxygen atoms in total. The number of rotatable bonds is 16. The van der Waals surface area contributed by atoms with Gasteiger partial charge in [0.2, 0.25) is 17.7 Å². The molecule has 7 unspecified atom stereocenters. The van der Waals surface area contributed by atoms with Crippen molar-refractivity contribution in [3.8, 4) is 12.3 Å². The summed E-state index contributed by atoms with van der Waals surface area (Å²) < 4.78 is 28.6. The fourth-order valence-corrected chi connectivity index (χ4v) is 6.56. The maximum atomic E-state index is 14.3. The molecule has 0 aromatic heterocycles. The lowest BCUT2D eigenvalue weighted by Gasteiger charge is -2.37. The highest BCUT2D eigenvalue weighted by Gasteiger charge is 2.39. The molecule has 2 rings (SSSR count). The predicted octanol–water partition coefficient (Wildman–Crippen LogP) is 4.41. The van der Waals surface area contributed by atoms with Crippen LogP contribution >= 0.6 is 0 Å². The summed E-state index contributed by atoms with van der Waals surface area (Å²) in [6.45, 7) is 11.4. The largest absolute Gasteiger partial charge is 0.390 e. The zero-order chi connectivity index (χ0) is 32.1. The van der Waals surface area contributed by atoms with Gasteiger partial charge in [-0.05, 0) is 63.7 Å². The Kier molecular flexibility index (Phi) is 15.9. The van der Waals surface area contributed by atoms with Crippen LogP contribution in [0, 0.1) is 41.9 Å². The summed E-state index contributed by atoms with van der Waals surface area (Å²) >= 11 is 0. The number of aliphatic hydroxyl groups excluding tert-OH is 1. The average Bonchev–Trinajstić information content (AvgIpc) is 2.95. The van der Waals surface area contributed by atoms with E-state index in [1.165, 1.54) is 0 Å². The lowest BCUT2D eigenvalue weighted by molar-refractivity contribution is -0.139. The maximum Gasteiger partial charge on any atom is 0.236 e. The molecule has 7 atom stereocenters. The highest BCUT2D eigenvalue weighted by Crippen LogP contribution is 2.36. The highest BCUT2D eigenvalue weighted by atomic mass is 19.1. The fourth-order valence-electron chi connectivity index (χ4n) is 6.56. The number of halogens is 2. The smallest absolute Gasteiger partial charge is 0.236 e. The van der Waals surface area contributed by atoms with Gasteiger partial charge in [-0.2, -0.15) is 0 Å². The van der Waals surface area contributed by atoms with Crippen molar-refractivity contribution >= 4 is 17.7 Å². The van der Waals surface area contributed by atoms with Crippen LogP contribution in [0.1, 0.15) is 98.8 Å². The van der Waals surface area contributed by atoms with E-state index in [1.54, 1.807) is 18.9 Å². The van der Waals surface area contributed by atoms with Crippen LogP contribution < -0.4 is 10.7 Å². The van der Waals surface area contributed by atoms with Crippen LogP contribution in [-0.4, -0.2) is 83.4 Å². The van der Waals surface area contributed by atoms with Gasteiger partial charge in [-0.1, -0.05) is 34.6 Å². The molecule has 0 saturated heterocycles. The topological polar surface area (TPSA) is 102 Å². The summed E-state index contributed by atoms with van der Waals surface area (Å²) in [5, 5.41) is 16.1. The van der Waals surface area contributed by atoms with Crippen LogP contribution in [-0.2, 0) is 14.4 Å². The normalized spacial score (nSPS) is 27.3. The number of amides is 3. The third kappa shape index (κ3) is 12.0. The second-order valence-electron chi connectivity index (χ2n) is 13.1. The maximum absolute atomic E-state index is 14.3. The molecule has 0 aromatic rings. The van der Waals surface area contributed by atoms with E-state index in [9.17, 15) is 28.3 Å². The Bertz CT molecular complexity index is 913. The number of hydrogen-bond donors (Lipinski definition) is 3. The van der Waals surface area contributed by atoms with Crippen molar-refractivity contribution in [1.82, 2.24) is 20.7 Å². The Balaban J connectivity index is 2.24. The molecule has 246 valence electrons. The van der Waals surface area contributed by atoms with E-state index < -0.39 is 30.4 Å². The number of hydrogen-bond acceptors (Lipinski definition) is 5. The second kappa shape index (κ2) is 18.5. The minimum Gasteiger partial charge on any atom is -0.390 e. The van der Waals surface area contributed by atoms with Gasteiger partial charge in [-0.25, -0.2) is 13.8 Å². The van der Waals surface area contributed by atoms with Crippen molar-refractivity contribution in [3.05, 3.63) is 0 Å². The highest BCUT2D eigenvalue weighted by molar-refractivity contribution is 5.83. The first kappa shape index (κ1) is 36.9. The van der Waals surface area contributed by atoms with Gasteiger partial charge < -0.3 is 15.3 Å². The van der Waals surface area contributed by atoms with Gasteiger partial charge in [0.25, 0.3) is 0 Å². The first-order valence-electron chi connectivity index (χ1n) is 16.5. The van der Waals surface area contributed by atoms with E-state index in [2.05, 4.69) is 16.7 Å². The lowest BCUT2D eigenvalue weighted by Crippen LogP contribution is -2.55. The Labute approximate surface area is 258 Å². The van der Waals surface area contributed by atoms with E-state index in [0.29, 0.717) is 38.9 Å². The first-order chi connectivity index (χ1) is 20.4. The molecule has 0 heterocycles. The number of carbonyl (C=O) groups excluding carboxylic acids is 3. The quantitative estimate of drug-likeness (QED) is 0.178. The molecule has 0 radical (unpaired) electrons. The van der Waals surface area contributed by atoms with Gasteiger partial charge in [0.05, 0.1) is 12.1 Å². The van der Waals surface area contributed by atoms with Gasteiger partial charge >= 0.3 is 0 Å². The van der Waals surface area contributed by atoms with Crippen molar-refractivity contribution in [1.29, 1.82) is 0 Å². The van der Waals surface area contributed by atoms with E-state index in [-0.39, 0.29) is 73.6 Å². The standard InChI is InChI=1S/C33H56F2N4O4/c1-7-11-38(12-8-2)33(43)26-15-23(10-4)14-25(19-26)32(42)36-29(18-24-16-27(34)20-28(35)17-24)30(40)21-39(13-9-3)37-31(41)22(5)6/h4,22-30,40H,7-9,11-21H2,1-3,5-6H3,(H,36,42)(H,37,41). The molecular weight excluding hydrogens is 554 g/mol. The summed E-state index contributed by atoms with van der Waals surface area (Å²) in [6.07, 6.45) is 6.34. The molecule has 3 amide bonds. The number of terminal acetylenes is 1. The molecule has 2 fully saturated rings. The molecule has 0 aromatic carbocycles. The zero-order valence-corrected chi connectivity index (χ0v) is 27.0. The summed E-state index contributed by atoms with van der Waals surface area (Å²) in [6, 6.07) is -0.789. The van der Waals surface area contributed by atoms with Crippen molar-refractivity contribution in [2.24, 2.45) is 29.6 Å². The SMILES string of the molecule is C#CC1CC(C(=O)NC(CC2CC(F)CC(F)C2)C(O)CN(CCC)NC(=O)C(C)C)CC(C(=O)N(CCC)CCC)C1. The van der Waals surface area contributed by atoms with Crippen LogP contribution in [0.2, 0.25) is 0 Å². The third-order valence-corrected chi connectivity index (χ3v) is 8.72. The zero-order valence-electron chi connectivity index (χ0n) is 27.0. The molecule has 0 bridgehead atoms. The molecule has 10 heteroatoms. The minimum atomic E-state index is -1.26. The van der Waals surface area contributed by atoms with Crippen LogP contribution in [0.3, 0.4) is 0 Å².